The second-order valence-electron chi connectivity index (χ2n) is 10.1. The van der Waals surface area contributed by atoms with Gasteiger partial charge in [-0.2, -0.15) is 0 Å². The Morgan fingerprint density at radius 2 is 2.02 bits per heavy atom. The Hall–Kier alpha value is -4.26. The van der Waals surface area contributed by atoms with Crippen molar-refractivity contribution < 1.29 is 28.7 Å². The van der Waals surface area contributed by atoms with Gasteiger partial charge in [0.25, 0.3) is 5.91 Å². The van der Waals surface area contributed by atoms with Crippen molar-refractivity contribution >= 4 is 51.1 Å². The van der Waals surface area contributed by atoms with E-state index in [0.717, 1.165) is 11.1 Å². The molecule has 1 aromatic carbocycles. The number of benzene rings is 1. The van der Waals surface area contributed by atoms with E-state index in [1.54, 1.807) is 25.3 Å². The molecule has 1 unspecified atom stereocenters. The van der Waals surface area contributed by atoms with Gasteiger partial charge in [-0.25, -0.2) is 14.8 Å². The highest BCUT2D eigenvalue weighted by Gasteiger charge is 2.40. The molecule has 3 N–H and O–H groups in total. The molecule has 1 atom stereocenters. The first-order valence-electron chi connectivity index (χ1n) is 12.9. The third kappa shape index (κ3) is 5.28. The Morgan fingerprint density at radius 3 is 2.75 bits per heavy atom. The molecule has 12 nitrogen and oxygen atoms in total. The number of pyridine rings is 1. The highest BCUT2D eigenvalue weighted by molar-refractivity contribution is 7.18. The van der Waals surface area contributed by atoms with Crippen LogP contribution in [0, 0.1) is 0 Å². The van der Waals surface area contributed by atoms with E-state index in [1.807, 2.05) is 26.8 Å². The Bertz CT molecular complexity index is 1520. The smallest absolute Gasteiger partial charge is 0.321 e. The highest BCUT2D eigenvalue weighted by atomic mass is 32.1. The molecular formula is C27H30N6O6S. The van der Waals surface area contributed by atoms with Crippen LogP contribution in [0.5, 0.6) is 11.5 Å². The summed E-state index contributed by atoms with van der Waals surface area (Å²) in [4.78, 5) is 60.3. The zero-order chi connectivity index (χ0) is 28.6. The minimum absolute atomic E-state index is 0.112. The number of hydrogen-bond acceptors (Lipinski definition) is 9. The lowest BCUT2D eigenvalue weighted by atomic mass is 10.0. The quantitative estimate of drug-likeness (QED) is 0.351. The largest absolute Gasteiger partial charge is 0.497 e. The third-order valence-corrected chi connectivity index (χ3v) is 8.03. The molecular weight excluding hydrogens is 536 g/mol. The number of aromatic nitrogens is 2. The van der Waals surface area contributed by atoms with Crippen LogP contribution < -0.4 is 25.4 Å². The molecule has 2 aromatic heterocycles. The maximum Gasteiger partial charge on any atom is 0.321 e. The Kier molecular flexibility index (Phi) is 7.32. The number of fused-ring (bicyclic) bond motifs is 2. The summed E-state index contributed by atoms with van der Waals surface area (Å²) < 4.78 is 12.2. The predicted molar refractivity (Wildman–Crippen MR) is 147 cm³/mol. The summed E-state index contributed by atoms with van der Waals surface area (Å²) in [6.45, 7) is 6.38. The second kappa shape index (κ2) is 10.7. The van der Waals surface area contributed by atoms with Crippen LogP contribution in [0.2, 0.25) is 0 Å². The fraction of sp³-hybridized carbons (Fsp3) is 0.407. The Labute approximate surface area is 234 Å². The number of urea groups is 1. The average Bonchev–Trinajstić information content (AvgIpc) is 3.48. The minimum Gasteiger partial charge on any atom is -0.497 e. The number of nitrogens with zero attached hydrogens (tertiary/aromatic N) is 3. The molecule has 5 amide bonds. The van der Waals surface area contributed by atoms with Crippen molar-refractivity contribution in [2.75, 3.05) is 19.0 Å². The van der Waals surface area contributed by atoms with Crippen LogP contribution in [0.3, 0.4) is 0 Å². The summed E-state index contributed by atoms with van der Waals surface area (Å²) in [6.07, 6.45) is 1.28. The Balaban J connectivity index is 1.29. The number of amides is 5. The van der Waals surface area contributed by atoms with Crippen molar-refractivity contribution in [2.24, 2.45) is 0 Å². The third-order valence-electron chi connectivity index (χ3n) is 6.71. The van der Waals surface area contributed by atoms with Gasteiger partial charge in [0.05, 0.1) is 41.8 Å². The van der Waals surface area contributed by atoms with Crippen LogP contribution in [0.1, 0.15) is 61.1 Å². The number of hydrogen-bond donors (Lipinski definition) is 3. The van der Waals surface area contributed by atoms with E-state index >= 15 is 0 Å². The zero-order valence-electron chi connectivity index (χ0n) is 22.6. The van der Waals surface area contributed by atoms with Crippen LogP contribution >= 0.6 is 11.3 Å². The number of carbonyl (C=O) groups excluding carboxylic acids is 4. The van der Waals surface area contributed by atoms with Gasteiger partial charge < -0.3 is 19.7 Å². The van der Waals surface area contributed by atoms with Gasteiger partial charge in [-0.1, -0.05) is 6.92 Å². The molecule has 210 valence electrons. The van der Waals surface area contributed by atoms with Crippen LogP contribution in [-0.2, 0) is 21.7 Å². The van der Waals surface area contributed by atoms with E-state index in [4.69, 9.17) is 14.5 Å². The summed E-state index contributed by atoms with van der Waals surface area (Å²) in [5.74, 6) is 0.379. The molecule has 2 aliphatic rings. The number of carbonyl (C=O) groups is 4. The zero-order valence-corrected chi connectivity index (χ0v) is 23.4. The summed E-state index contributed by atoms with van der Waals surface area (Å²) >= 11 is 1.43. The highest BCUT2D eigenvalue weighted by Crippen LogP contribution is 2.38. The summed E-state index contributed by atoms with van der Waals surface area (Å²) in [5, 5.41) is 8.63. The second-order valence-corrected chi connectivity index (χ2v) is 11.2. The standard InChI is InChI=1S/C27H30N6O6S/c1-5-10-39-18-11-14(38-4)12-19-22(18)31-25(40-19)27(2,3)32-26(37)29-20-8-6-15-16(28-20)13-33(24(15)36)17-7-9-21(34)30-23(17)35/h6,8,11-12,17H,5,7,9-10,13H2,1-4H3,(H,30,34,35)(H2,28,29,32,37). The maximum atomic E-state index is 13.0. The van der Waals surface area contributed by atoms with E-state index in [2.05, 4.69) is 20.9 Å². The molecule has 13 heteroatoms. The fourth-order valence-electron chi connectivity index (χ4n) is 4.67. The maximum absolute atomic E-state index is 13.0. The Morgan fingerprint density at radius 1 is 1.23 bits per heavy atom. The fourth-order valence-corrected chi connectivity index (χ4v) is 5.74. The van der Waals surface area contributed by atoms with Gasteiger partial charge in [0.15, 0.2) is 0 Å². The van der Waals surface area contributed by atoms with E-state index in [1.165, 1.54) is 16.2 Å². The van der Waals surface area contributed by atoms with Crippen molar-refractivity contribution in [3.63, 3.8) is 0 Å². The number of methoxy groups -OCH3 is 1. The lowest BCUT2D eigenvalue weighted by molar-refractivity contribution is -0.136. The van der Waals surface area contributed by atoms with Crippen LogP contribution in [0.4, 0.5) is 10.6 Å². The van der Waals surface area contributed by atoms with E-state index in [9.17, 15) is 19.2 Å². The number of thiazole rings is 1. The van der Waals surface area contributed by atoms with E-state index in [-0.39, 0.29) is 37.0 Å². The number of piperidine rings is 1. The monoisotopic (exact) mass is 566 g/mol. The molecule has 4 heterocycles. The molecule has 0 radical (unpaired) electrons. The van der Waals surface area contributed by atoms with Crippen LogP contribution in [0.25, 0.3) is 10.2 Å². The SMILES string of the molecule is CCCOc1cc(OC)cc2sc(C(C)(C)NC(=O)Nc3ccc4c(n3)CN(C3CCC(=O)NC3=O)C4=O)nc12. The normalized spacial score (nSPS) is 17.1. The van der Waals surface area contributed by atoms with Crippen molar-refractivity contribution in [1.29, 1.82) is 0 Å². The number of anilines is 1. The summed E-state index contributed by atoms with van der Waals surface area (Å²) in [6, 6.07) is 5.58. The lowest BCUT2D eigenvalue weighted by Crippen LogP contribution is -2.52. The van der Waals surface area contributed by atoms with Crippen LogP contribution in [0.15, 0.2) is 24.3 Å². The van der Waals surface area contributed by atoms with Gasteiger partial charge in [-0.3, -0.25) is 25.0 Å². The summed E-state index contributed by atoms with van der Waals surface area (Å²) in [7, 11) is 1.60. The molecule has 3 aromatic rings. The number of rotatable bonds is 8. The van der Waals surface area contributed by atoms with E-state index < -0.39 is 23.5 Å². The molecule has 1 saturated heterocycles. The number of nitrogens with one attached hydrogen (secondary N) is 3. The van der Waals surface area contributed by atoms with Crippen molar-refractivity contribution in [3.8, 4) is 11.5 Å². The van der Waals surface area contributed by atoms with Crippen LogP contribution in [-0.4, -0.2) is 58.4 Å². The first-order valence-corrected chi connectivity index (χ1v) is 13.8. The first-order chi connectivity index (χ1) is 19.1. The molecule has 5 rings (SSSR count). The predicted octanol–water partition coefficient (Wildman–Crippen LogP) is 3.31. The van der Waals surface area contributed by atoms with Gasteiger partial charge in [0.1, 0.15) is 33.9 Å². The van der Waals surface area contributed by atoms with Gasteiger partial charge in [0.2, 0.25) is 11.8 Å². The van der Waals surface area contributed by atoms with Gasteiger partial charge in [-0.05, 0) is 44.9 Å². The van der Waals surface area contributed by atoms with Gasteiger partial charge in [-0.15, -0.1) is 11.3 Å². The van der Waals surface area contributed by atoms with Crippen molar-refractivity contribution in [1.82, 2.24) is 25.5 Å². The lowest BCUT2D eigenvalue weighted by Gasteiger charge is -2.29. The van der Waals surface area contributed by atoms with Crippen molar-refractivity contribution in [3.05, 3.63) is 40.5 Å². The number of imide groups is 1. The summed E-state index contributed by atoms with van der Waals surface area (Å²) in [5.41, 5.74) is 0.682. The number of ether oxygens (including phenoxy) is 2. The topological polar surface area (TPSA) is 152 Å². The first kappa shape index (κ1) is 27.3. The molecule has 0 aliphatic carbocycles. The molecule has 0 saturated carbocycles. The van der Waals surface area contributed by atoms with Gasteiger partial charge in [0, 0.05) is 12.5 Å². The molecule has 0 spiro atoms. The molecule has 0 bridgehead atoms. The van der Waals surface area contributed by atoms with Gasteiger partial charge >= 0.3 is 6.03 Å². The molecule has 2 aliphatic heterocycles. The average molecular weight is 567 g/mol. The molecule has 1 fully saturated rings. The molecule has 40 heavy (non-hydrogen) atoms. The van der Waals surface area contributed by atoms with E-state index in [0.29, 0.717) is 39.9 Å². The van der Waals surface area contributed by atoms with Crippen molar-refractivity contribution in [2.45, 2.75) is 58.2 Å². The minimum atomic E-state index is -0.835.